The van der Waals surface area contributed by atoms with Gasteiger partial charge in [-0.3, -0.25) is 9.88 Å². The van der Waals surface area contributed by atoms with Crippen LogP contribution < -0.4 is 9.47 Å². The van der Waals surface area contributed by atoms with E-state index in [0.29, 0.717) is 17.0 Å². The summed E-state index contributed by atoms with van der Waals surface area (Å²) in [5.74, 6) is 1.85. The van der Waals surface area contributed by atoms with Crippen LogP contribution in [0.15, 0.2) is 60.8 Å². The largest absolute Gasteiger partial charge is 0.493 e. The standard InChI is InChI=1S/C26H27FN4O2/c1-32-24-9-6-18(15-25(24)33-2)26-29-22-16-19(27)7-8-23(22)31(26)21-10-13-30(14-11-21)17-20-5-3-4-12-28-20/h3-9,12,15-16,21H,10-11,13-14,17H2,1-2H3. The average Bonchev–Trinajstić information content (AvgIpc) is 3.23. The first-order chi connectivity index (χ1) is 16.2. The van der Waals surface area contributed by atoms with Crippen molar-refractivity contribution in [3.05, 3.63) is 72.3 Å². The molecule has 7 heteroatoms. The second-order valence-corrected chi connectivity index (χ2v) is 8.34. The van der Waals surface area contributed by atoms with Crippen molar-refractivity contribution in [2.75, 3.05) is 27.3 Å². The van der Waals surface area contributed by atoms with Gasteiger partial charge in [-0.25, -0.2) is 9.37 Å². The molecule has 0 unspecified atom stereocenters. The average molecular weight is 447 g/mol. The van der Waals surface area contributed by atoms with Crippen LogP contribution in [0, 0.1) is 5.82 Å². The van der Waals surface area contributed by atoms with Gasteiger partial charge in [-0.05, 0) is 55.3 Å². The zero-order chi connectivity index (χ0) is 22.8. The molecule has 5 rings (SSSR count). The van der Waals surface area contributed by atoms with Crippen LogP contribution in [-0.2, 0) is 6.54 Å². The number of halogens is 1. The lowest BCUT2D eigenvalue weighted by Gasteiger charge is -2.33. The monoisotopic (exact) mass is 446 g/mol. The third kappa shape index (κ3) is 4.28. The highest BCUT2D eigenvalue weighted by molar-refractivity contribution is 5.81. The summed E-state index contributed by atoms with van der Waals surface area (Å²) in [6, 6.07) is 17.0. The van der Waals surface area contributed by atoms with Gasteiger partial charge in [-0.15, -0.1) is 0 Å². The zero-order valence-corrected chi connectivity index (χ0v) is 18.9. The molecule has 0 bridgehead atoms. The highest BCUT2D eigenvalue weighted by Gasteiger charge is 2.26. The van der Waals surface area contributed by atoms with Crippen molar-refractivity contribution < 1.29 is 13.9 Å². The van der Waals surface area contributed by atoms with Crippen molar-refractivity contribution >= 4 is 11.0 Å². The highest BCUT2D eigenvalue weighted by atomic mass is 19.1. The molecule has 0 N–H and O–H groups in total. The number of ether oxygens (including phenoxy) is 2. The van der Waals surface area contributed by atoms with Gasteiger partial charge in [0.2, 0.25) is 0 Å². The minimum absolute atomic E-state index is 0.267. The number of nitrogens with zero attached hydrogens (tertiary/aromatic N) is 4. The number of pyridine rings is 1. The summed E-state index contributed by atoms with van der Waals surface area (Å²) in [5.41, 5.74) is 3.62. The Hall–Kier alpha value is -3.45. The third-order valence-electron chi connectivity index (χ3n) is 6.33. The fourth-order valence-corrected chi connectivity index (χ4v) is 4.68. The van der Waals surface area contributed by atoms with Gasteiger partial charge in [0.05, 0.1) is 30.9 Å². The van der Waals surface area contributed by atoms with Crippen LogP contribution in [0.25, 0.3) is 22.4 Å². The Bertz CT molecular complexity index is 1250. The Balaban J connectivity index is 1.48. The van der Waals surface area contributed by atoms with Gasteiger partial charge >= 0.3 is 0 Å². The van der Waals surface area contributed by atoms with E-state index in [1.54, 1.807) is 14.2 Å². The van der Waals surface area contributed by atoms with Gasteiger partial charge in [-0.1, -0.05) is 6.07 Å². The van der Waals surface area contributed by atoms with E-state index in [4.69, 9.17) is 14.5 Å². The van der Waals surface area contributed by atoms with E-state index in [1.165, 1.54) is 12.1 Å². The molecule has 0 aliphatic carbocycles. The summed E-state index contributed by atoms with van der Waals surface area (Å²) in [6.07, 6.45) is 3.81. The van der Waals surface area contributed by atoms with Gasteiger partial charge < -0.3 is 14.0 Å². The summed E-state index contributed by atoms with van der Waals surface area (Å²) in [4.78, 5) is 11.7. The topological polar surface area (TPSA) is 52.4 Å². The predicted octanol–water partition coefficient (Wildman–Crippen LogP) is 5.09. The first-order valence-corrected chi connectivity index (χ1v) is 11.2. The smallest absolute Gasteiger partial charge is 0.161 e. The van der Waals surface area contributed by atoms with E-state index >= 15 is 0 Å². The number of hydrogen-bond donors (Lipinski definition) is 0. The number of piperidine rings is 1. The molecule has 33 heavy (non-hydrogen) atoms. The molecule has 0 atom stereocenters. The summed E-state index contributed by atoms with van der Waals surface area (Å²) in [7, 11) is 3.24. The van der Waals surface area contributed by atoms with Gasteiger partial charge in [0.15, 0.2) is 11.5 Å². The van der Waals surface area contributed by atoms with Crippen molar-refractivity contribution in [2.45, 2.75) is 25.4 Å². The van der Waals surface area contributed by atoms with Crippen molar-refractivity contribution in [1.82, 2.24) is 19.4 Å². The first kappa shape index (κ1) is 21.4. The molecule has 1 fully saturated rings. The molecule has 1 aliphatic heterocycles. The van der Waals surface area contributed by atoms with Gasteiger partial charge in [0.25, 0.3) is 0 Å². The first-order valence-electron chi connectivity index (χ1n) is 11.2. The number of hydrogen-bond acceptors (Lipinski definition) is 5. The molecule has 3 heterocycles. The summed E-state index contributed by atoms with van der Waals surface area (Å²) in [5, 5.41) is 0. The summed E-state index contributed by atoms with van der Waals surface area (Å²) < 4.78 is 27.2. The second-order valence-electron chi connectivity index (χ2n) is 8.34. The number of fused-ring (bicyclic) bond motifs is 1. The quantitative estimate of drug-likeness (QED) is 0.413. The molecule has 1 saturated heterocycles. The maximum Gasteiger partial charge on any atom is 0.161 e. The molecule has 0 saturated carbocycles. The molecular formula is C26H27FN4O2. The van der Waals surface area contributed by atoms with E-state index in [2.05, 4.69) is 20.5 Å². The van der Waals surface area contributed by atoms with Crippen LogP contribution in [0.2, 0.25) is 0 Å². The zero-order valence-electron chi connectivity index (χ0n) is 18.9. The van der Waals surface area contributed by atoms with Crippen molar-refractivity contribution in [1.29, 1.82) is 0 Å². The van der Waals surface area contributed by atoms with Gasteiger partial charge in [0.1, 0.15) is 11.6 Å². The van der Waals surface area contributed by atoms with Gasteiger partial charge in [0, 0.05) is 43.5 Å². The maximum absolute atomic E-state index is 14.0. The molecule has 0 amide bonds. The molecule has 170 valence electrons. The minimum Gasteiger partial charge on any atom is -0.493 e. The van der Waals surface area contributed by atoms with E-state index in [0.717, 1.165) is 55.1 Å². The Morgan fingerprint density at radius 1 is 0.970 bits per heavy atom. The number of likely N-dealkylation sites (tertiary alicyclic amines) is 1. The van der Waals surface area contributed by atoms with Crippen LogP contribution in [0.4, 0.5) is 4.39 Å². The van der Waals surface area contributed by atoms with E-state index in [-0.39, 0.29) is 11.9 Å². The molecule has 0 spiro atoms. The Morgan fingerprint density at radius 2 is 1.79 bits per heavy atom. The Morgan fingerprint density at radius 3 is 2.52 bits per heavy atom. The van der Waals surface area contributed by atoms with Crippen molar-refractivity contribution in [2.24, 2.45) is 0 Å². The Labute approximate surface area is 192 Å². The lowest BCUT2D eigenvalue weighted by Crippen LogP contribution is -2.34. The van der Waals surface area contributed by atoms with E-state index in [1.807, 2.05) is 42.6 Å². The minimum atomic E-state index is -0.281. The van der Waals surface area contributed by atoms with Crippen molar-refractivity contribution in [3.63, 3.8) is 0 Å². The predicted molar refractivity (Wildman–Crippen MR) is 126 cm³/mol. The summed E-state index contributed by atoms with van der Waals surface area (Å²) in [6.45, 7) is 2.78. The van der Waals surface area contributed by atoms with E-state index in [9.17, 15) is 4.39 Å². The fraction of sp³-hybridized carbons (Fsp3) is 0.308. The van der Waals surface area contributed by atoms with Crippen LogP contribution in [0.5, 0.6) is 11.5 Å². The van der Waals surface area contributed by atoms with Crippen LogP contribution in [-0.4, -0.2) is 46.7 Å². The number of methoxy groups -OCH3 is 2. The lowest BCUT2D eigenvalue weighted by molar-refractivity contribution is 0.180. The summed E-state index contributed by atoms with van der Waals surface area (Å²) >= 11 is 0. The number of benzene rings is 2. The number of imidazole rings is 1. The normalized spacial score (nSPS) is 15.1. The second kappa shape index (κ2) is 9.19. The lowest BCUT2D eigenvalue weighted by atomic mass is 10.0. The molecule has 6 nitrogen and oxygen atoms in total. The molecule has 1 aliphatic rings. The van der Waals surface area contributed by atoms with E-state index < -0.39 is 0 Å². The fourth-order valence-electron chi connectivity index (χ4n) is 4.68. The molecule has 4 aromatic rings. The number of aromatic nitrogens is 3. The van der Waals surface area contributed by atoms with Crippen LogP contribution >= 0.6 is 0 Å². The molecule has 0 radical (unpaired) electrons. The molecule has 2 aromatic heterocycles. The highest BCUT2D eigenvalue weighted by Crippen LogP contribution is 2.37. The maximum atomic E-state index is 14.0. The third-order valence-corrected chi connectivity index (χ3v) is 6.33. The number of rotatable bonds is 6. The molecule has 2 aromatic carbocycles. The van der Waals surface area contributed by atoms with Gasteiger partial charge in [-0.2, -0.15) is 0 Å². The van der Waals surface area contributed by atoms with Crippen molar-refractivity contribution in [3.8, 4) is 22.9 Å². The van der Waals surface area contributed by atoms with Crippen LogP contribution in [0.1, 0.15) is 24.6 Å². The Kier molecular flexibility index (Phi) is 5.96. The SMILES string of the molecule is COc1ccc(-c2nc3cc(F)ccc3n2C2CCN(Cc3ccccn3)CC2)cc1OC. The molecular weight excluding hydrogens is 419 g/mol. The van der Waals surface area contributed by atoms with Crippen LogP contribution in [0.3, 0.4) is 0 Å².